The Morgan fingerprint density at radius 1 is 1.30 bits per heavy atom. The summed E-state index contributed by atoms with van der Waals surface area (Å²) in [5, 5.41) is 0. The maximum Gasteiger partial charge on any atom is 0.241 e. The molecule has 0 aliphatic carbocycles. The summed E-state index contributed by atoms with van der Waals surface area (Å²) in [6, 6.07) is 9.90. The number of benzene rings is 1. The third-order valence-corrected chi connectivity index (χ3v) is 4.11. The van der Waals surface area contributed by atoms with E-state index in [2.05, 4.69) is 9.71 Å². The van der Waals surface area contributed by atoms with E-state index >= 15 is 0 Å². The number of nitrogens with zero attached hydrogens (tertiary/aromatic N) is 1. The number of pyridine rings is 1. The summed E-state index contributed by atoms with van der Waals surface area (Å²) in [6.45, 7) is 0.134. The molecule has 1 aromatic heterocycles. The summed E-state index contributed by atoms with van der Waals surface area (Å²) in [7, 11) is -2.09. The molecule has 0 aliphatic heterocycles. The molecule has 0 saturated heterocycles. The minimum Gasteiger partial charge on any atom is -0.496 e. The van der Waals surface area contributed by atoms with Crippen LogP contribution in [0.5, 0.6) is 5.75 Å². The van der Waals surface area contributed by atoms with Gasteiger partial charge in [0, 0.05) is 24.4 Å². The highest BCUT2D eigenvalue weighted by Crippen LogP contribution is 2.18. The predicted octanol–water partition coefficient (Wildman–Crippen LogP) is 1.15. The quantitative estimate of drug-likeness (QED) is 0.862. The second-order valence-electron chi connectivity index (χ2n) is 4.05. The van der Waals surface area contributed by atoms with E-state index in [0.29, 0.717) is 5.75 Å². The van der Waals surface area contributed by atoms with Gasteiger partial charge in [-0.3, -0.25) is 0 Å². The van der Waals surface area contributed by atoms with Crippen molar-refractivity contribution in [3.05, 3.63) is 48.2 Å². The fourth-order valence-electron chi connectivity index (χ4n) is 1.70. The molecule has 0 amide bonds. The number of para-hydroxylation sites is 1. The smallest absolute Gasteiger partial charge is 0.241 e. The predicted molar refractivity (Wildman–Crippen MR) is 75.7 cm³/mol. The lowest BCUT2D eigenvalue weighted by Gasteiger charge is -2.10. The van der Waals surface area contributed by atoms with Gasteiger partial charge in [0.25, 0.3) is 0 Å². The molecule has 2 rings (SSSR count). The molecule has 3 N–H and O–H groups in total. The van der Waals surface area contributed by atoms with Crippen LogP contribution in [0.15, 0.2) is 47.5 Å². The highest BCUT2D eigenvalue weighted by atomic mass is 32.2. The van der Waals surface area contributed by atoms with E-state index in [1.54, 1.807) is 12.1 Å². The van der Waals surface area contributed by atoms with Crippen LogP contribution in [-0.4, -0.2) is 20.5 Å². The SMILES string of the molecule is COc1ccccc1CNS(=O)(=O)c1ccnc(N)c1. The summed E-state index contributed by atoms with van der Waals surface area (Å²) < 4.78 is 31.9. The van der Waals surface area contributed by atoms with Gasteiger partial charge in [-0.25, -0.2) is 18.1 Å². The van der Waals surface area contributed by atoms with Crippen LogP contribution in [0.3, 0.4) is 0 Å². The highest BCUT2D eigenvalue weighted by Gasteiger charge is 2.15. The normalized spacial score (nSPS) is 11.2. The average molecular weight is 293 g/mol. The average Bonchev–Trinajstić information content (AvgIpc) is 2.45. The number of anilines is 1. The molecule has 0 atom stereocenters. The lowest BCUT2D eigenvalue weighted by atomic mass is 10.2. The van der Waals surface area contributed by atoms with Gasteiger partial charge in [-0.1, -0.05) is 18.2 Å². The van der Waals surface area contributed by atoms with Crippen molar-refractivity contribution in [3.8, 4) is 5.75 Å². The van der Waals surface area contributed by atoms with Gasteiger partial charge in [-0.2, -0.15) is 0 Å². The first-order chi connectivity index (χ1) is 9.53. The van der Waals surface area contributed by atoms with Crippen molar-refractivity contribution in [1.82, 2.24) is 9.71 Å². The van der Waals surface area contributed by atoms with E-state index in [1.165, 1.54) is 25.4 Å². The Hall–Kier alpha value is -2.12. The number of hydrogen-bond donors (Lipinski definition) is 2. The largest absolute Gasteiger partial charge is 0.496 e. The molecular formula is C13H15N3O3S. The van der Waals surface area contributed by atoms with Crippen molar-refractivity contribution in [2.24, 2.45) is 0 Å². The molecule has 0 spiro atoms. The van der Waals surface area contributed by atoms with Gasteiger partial charge < -0.3 is 10.5 Å². The number of nitrogen functional groups attached to an aromatic ring is 1. The van der Waals surface area contributed by atoms with E-state index in [-0.39, 0.29) is 17.3 Å². The first-order valence-corrected chi connectivity index (χ1v) is 7.34. The molecular weight excluding hydrogens is 278 g/mol. The molecule has 0 bridgehead atoms. The number of rotatable bonds is 5. The lowest BCUT2D eigenvalue weighted by Crippen LogP contribution is -2.23. The van der Waals surface area contributed by atoms with Gasteiger partial charge in [-0.05, 0) is 12.1 Å². The minimum absolute atomic E-state index is 0.0832. The Morgan fingerprint density at radius 3 is 2.75 bits per heavy atom. The van der Waals surface area contributed by atoms with E-state index in [9.17, 15) is 8.42 Å². The maximum atomic E-state index is 12.1. The zero-order valence-corrected chi connectivity index (χ0v) is 11.7. The van der Waals surface area contributed by atoms with Gasteiger partial charge >= 0.3 is 0 Å². The molecule has 1 aromatic carbocycles. The molecule has 20 heavy (non-hydrogen) atoms. The number of ether oxygens (including phenoxy) is 1. The molecule has 0 aliphatic rings. The molecule has 6 nitrogen and oxygen atoms in total. The van der Waals surface area contributed by atoms with Crippen LogP contribution in [0.2, 0.25) is 0 Å². The van der Waals surface area contributed by atoms with Crippen LogP contribution in [-0.2, 0) is 16.6 Å². The first-order valence-electron chi connectivity index (χ1n) is 5.86. The van der Waals surface area contributed by atoms with E-state index < -0.39 is 10.0 Å². The van der Waals surface area contributed by atoms with Gasteiger partial charge in [0.05, 0.1) is 12.0 Å². The Kier molecular flexibility index (Phi) is 4.21. The highest BCUT2D eigenvalue weighted by molar-refractivity contribution is 7.89. The number of aromatic nitrogens is 1. The molecule has 0 radical (unpaired) electrons. The summed E-state index contributed by atoms with van der Waals surface area (Å²) in [5.74, 6) is 0.787. The summed E-state index contributed by atoms with van der Waals surface area (Å²) in [5.41, 5.74) is 6.24. The minimum atomic E-state index is -3.63. The van der Waals surface area contributed by atoms with Crippen molar-refractivity contribution in [2.45, 2.75) is 11.4 Å². The summed E-state index contributed by atoms with van der Waals surface area (Å²) in [6.07, 6.45) is 1.35. The third-order valence-electron chi connectivity index (χ3n) is 2.71. The van der Waals surface area contributed by atoms with Gasteiger partial charge in [0.1, 0.15) is 11.6 Å². The van der Waals surface area contributed by atoms with E-state index in [0.717, 1.165) is 5.56 Å². The van der Waals surface area contributed by atoms with Crippen LogP contribution < -0.4 is 15.2 Å². The Bertz CT molecular complexity index is 702. The maximum absolute atomic E-state index is 12.1. The van der Waals surface area contributed by atoms with E-state index in [1.807, 2.05) is 12.1 Å². The Labute approximate surface area is 117 Å². The number of hydrogen-bond acceptors (Lipinski definition) is 5. The van der Waals surface area contributed by atoms with Crippen LogP contribution in [0.25, 0.3) is 0 Å². The standard InChI is InChI=1S/C13H15N3O3S/c1-19-12-5-3-2-4-10(12)9-16-20(17,18)11-6-7-15-13(14)8-11/h2-8,16H,9H2,1H3,(H2,14,15). The van der Waals surface area contributed by atoms with Crippen LogP contribution in [0, 0.1) is 0 Å². The first kappa shape index (κ1) is 14.3. The van der Waals surface area contributed by atoms with Gasteiger partial charge in [0.2, 0.25) is 10.0 Å². The number of methoxy groups -OCH3 is 1. The van der Waals surface area contributed by atoms with Crippen molar-refractivity contribution in [3.63, 3.8) is 0 Å². The number of nitrogens with two attached hydrogens (primary N) is 1. The lowest BCUT2D eigenvalue weighted by molar-refractivity contribution is 0.409. The Morgan fingerprint density at radius 2 is 2.05 bits per heavy atom. The second kappa shape index (κ2) is 5.89. The molecule has 0 fully saturated rings. The van der Waals surface area contributed by atoms with Gasteiger partial charge in [-0.15, -0.1) is 0 Å². The van der Waals surface area contributed by atoms with Crippen LogP contribution in [0.1, 0.15) is 5.56 Å². The second-order valence-corrected chi connectivity index (χ2v) is 5.82. The fraction of sp³-hybridized carbons (Fsp3) is 0.154. The molecule has 2 aromatic rings. The van der Waals surface area contributed by atoms with Crippen LogP contribution >= 0.6 is 0 Å². The molecule has 7 heteroatoms. The van der Waals surface area contributed by atoms with E-state index in [4.69, 9.17) is 10.5 Å². The zero-order chi connectivity index (χ0) is 14.6. The zero-order valence-electron chi connectivity index (χ0n) is 10.9. The third kappa shape index (κ3) is 3.25. The van der Waals surface area contributed by atoms with Crippen molar-refractivity contribution in [2.75, 3.05) is 12.8 Å². The number of nitrogens with one attached hydrogen (secondary N) is 1. The van der Waals surface area contributed by atoms with Crippen molar-refractivity contribution in [1.29, 1.82) is 0 Å². The molecule has 1 heterocycles. The summed E-state index contributed by atoms with van der Waals surface area (Å²) in [4.78, 5) is 3.85. The molecule has 0 saturated carbocycles. The summed E-state index contributed by atoms with van der Waals surface area (Å²) >= 11 is 0. The Balaban J connectivity index is 2.17. The van der Waals surface area contributed by atoms with Crippen LogP contribution in [0.4, 0.5) is 5.82 Å². The van der Waals surface area contributed by atoms with Crippen molar-refractivity contribution < 1.29 is 13.2 Å². The fourth-order valence-corrected chi connectivity index (χ4v) is 2.73. The number of sulfonamides is 1. The monoisotopic (exact) mass is 293 g/mol. The van der Waals surface area contributed by atoms with Gasteiger partial charge in [0.15, 0.2) is 0 Å². The topological polar surface area (TPSA) is 94.3 Å². The molecule has 0 unspecified atom stereocenters. The van der Waals surface area contributed by atoms with Crippen molar-refractivity contribution >= 4 is 15.8 Å². The molecule has 106 valence electrons.